The molecule has 1 heterocycles. The van der Waals surface area contributed by atoms with Gasteiger partial charge in [0, 0.05) is 10.8 Å². The lowest BCUT2D eigenvalue weighted by Gasteiger charge is -2.14. The summed E-state index contributed by atoms with van der Waals surface area (Å²) in [6.45, 7) is 0. The number of benzene rings is 3. The van der Waals surface area contributed by atoms with Crippen LogP contribution < -0.4 is 0 Å². The van der Waals surface area contributed by atoms with Crippen LogP contribution in [0.2, 0.25) is 0 Å². The maximum Gasteiger partial charge on any atom is 0.489 e. The number of carboxylic acids is 1. The normalized spacial score (nSPS) is 12.0. The molecule has 3 aromatic carbocycles. The third-order valence-corrected chi connectivity index (χ3v) is 4.59. The van der Waals surface area contributed by atoms with Gasteiger partial charge in [-0.05, 0) is 35.7 Å². The third-order valence-electron chi connectivity index (χ3n) is 4.59. The summed E-state index contributed by atoms with van der Waals surface area (Å²) in [5.74, 6) is -1.17. The van der Waals surface area contributed by atoms with E-state index in [9.17, 15) is 23.1 Å². The molecule has 0 aliphatic heterocycles. The fourth-order valence-electron chi connectivity index (χ4n) is 3.52. The number of aromatic nitrogens is 1. The third kappa shape index (κ3) is 2.93. The first kappa shape index (κ1) is 17.1. The Labute approximate surface area is 152 Å². The van der Waals surface area contributed by atoms with E-state index in [2.05, 4.69) is 0 Å². The lowest BCUT2D eigenvalue weighted by molar-refractivity contribution is -0.197. The topological polar surface area (TPSA) is 42.2 Å². The van der Waals surface area contributed by atoms with Crippen molar-refractivity contribution in [2.75, 3.05) is 0 Å². The Balaban J connectivity index is 2.12. The van der Waals surface area contributed by atoms with Crippen molar-refractivity contribution in [3.8, 4) is 0 Å². The van der Waals surface area contributed by atoms with Crippen LogP contribution in [0.4, 0.5) is 13.2 Å². The molecular weight excluding hydrogens is 355 g/mol. The summed E-state index contributed by atoms with van der Waals surface area (Å²) >= 11 is 0. The number of fused-ring (bicyclic) bond motifs is 3. The summed E-state index contributed by atoms with van der Waals surface area (Å²) in [4.78, 5) is 11.6. The molecule has 0 unspecified atom stereocenters. The van der Waals surface area contributed by atoms with Crippen LogP contribution in [0, 0.1) is 0 Å². The van der Waals surface area contributed by atoms with Crippen LogP contribution in [0.1, 0.15) is 21.5 Å². The van der Waals surface area contributed by atoms with Crippen molar-refractivity contribution in [1.29, 1.82) is 0 Å². The fourth-order valence-corrected chi connectivity index (χ4v) is 3.52. The van der Waals surface area contributed by atoms with Crippen LogP contribution in [-0.2, 0) is 12.7 Å². The average molecular weight is 369 g/mol. The highest BCUT2D eigenvalue weighted by Gasteiger charge is 2.35. The summed E-state index contributed by atoms with van der Waals surface area (Å²) in [6, 6.07) is 17.8. The molecule has 0 saturated carbocycles. The van der Waals surface area contributed by atoms with Crippen LogP contribution in [-0.4, -0.2) is 15.6 Å². The number of hydrogen-bond acceptors (Lipinski definition) is 1. The molecular formula is C21H14F3NO2. The van der Waals surface area contributed by atoms with Crippen LogP contribution in [0.5, 0.6) is 0 Å². The minimum absolute atomic E-state index is 0.00227. The van der Waals surface area contributed by atoms with Gasteiger partial charge >= 0.3 is 12.3 Å². The van der Waals surface area contributed by atoms with E-state index in [1.54, 1.807) is 42.5 Å². The molecule has 27 heavy (non-hydrogen) atoms. The molecule has 4 rings (SSSR count). The molecule has 1 N–H and O–H groups in total. The SMILES string of the molecule is O=C(O)c1cc(Cc2ccccc2)c2c(c1)c1ccccc1n2C(F)(F)F. The number of rotatable bonds is 3. The van der Waals surface area contributed by atoms with Gasteiger partial charge in [-0.15, -0.1) is 13.2 Å². The van der Waals surface area contributed by atoms with E-state index in [0.717, 1.165) is 5.56 Å². The Hall–Kier alpha value is -3.28. The van der Waals surface area contributed by atoms with E-state index >= 15 is 0 Å². The molecule has 0 saturated heterocycles. The smallest absolute Gasteiger partial charge is 0.478 e. The summed E-state index contributed by atoms with van der Waals surface area (Å²) in [5, 5.41) is 10.1. The second kappa shape index (κ2) is 6.16. The molecule has 0 fully saturated rings. The largest absolute Gasteiger partial charge is 0.489 e. The van der Waals surface area contributed by atoms with Gasteiger partial charge in [-0.25, -0.2) is 4.79 Å². The first-order chi connectivity index (χ1) is 12.9. The van der Waals surface area contributed by atoms with Gasteiger partial charge in [-0.1, -0.05) is 48.5 Å². The molecule has 4 aromatic rings. The van der Waals surface area contributed by atoms with E-state index in [1.165, 1.54) is 18.2 Å². The van der Waals surface area contributed by atoms with E-state index < -0.39 is 12.3 Å². The predicted octanol–water partition coefficient (Wildman–Crippen LogP) is 5.56. The van der Waals surface area contributed by atoms with Gasteiger partial charge in [0.2, 0.25) is 0 Å². The van der Waals surface area contributed by atoms with Gasteiger partial charge in [-0.3, -0.25) is 4.57 Å². The first-order valence-electron chi connectivity index (χ1n) is 8.27. The van der Waals surface area contributed by atoms with Crippen molar-refractivity contribution >= 4 is 27.8 Å². The van der Waals surface area contributed by atoms with Gasteiger partial charge in [0.1, 0.15) is 0 Å². The summed E-state index contributed by atoms with van der Waals surface area (Å²) in [5.41, 5.74) is 1.11. The summed E-state index contributed by atoms with van der Waals surface area (Å²) in [6.07, 6.45) is -4.43. The lowest BCUT2D eigenvalue weighted by atomic mass is 9.99. The molecule has 0 bridgehead atoms. The van der Waals surface area contributed by atoms with Gasteiger partial charge in [0.05, 0.1) is 16.6 Å². The molecule has 0 radical (unpaired) electrons. The monoisotopic (exact) mass is 369 g/mol. The number of para-hydroxylation sites is 1. The first-order valence-corrected chi connectivity index (χ1v) is 8.27. The highest BCUT2D eigenvalue weighted by atomic mass is 19.4. The number of carboxylic acid groups (broad SMARTS) is 1. The second-order valence-electron chi connectivity index (χ2n) is 6.32. The molecule has 0 amide bonds. The van der Waals surface area contributed by atoms with Gasteiger partial charge in [0.25, 0.3) is 0 Å². The van der Waals surface area contributed by atoms with E-state index in [4.69, 9.17) is 0 Å². The highest BCUT2D eigenvalue weighted by molar-refractivity contribution is 6.11. The highest BCUT2D eigenvalue weighted by Crippen LogP contribution is 2.39. The zero-order valence-electron chi connectivity index (χ0n) is 14.0. The van der Waals surface area contributed by atoms with Crippen molar-refractivity contribution < 1.29 is 23.1 Å². The molecule has 136 valence electrons. The van der Waals surface area contributed by atoms with Crippen molar-refractivity contribution in [2.45, 2.75) is 12.7 Å². The molecule has 1 aromatic heterocycles. The van der Waals surface area contributed by atoms with E-state index in [1.807, 2.05) is 6.07 Å². The number of halogens is 3. The second-order valence-corrected chi connectivity index (χ2v) is 6.32. The minimum atomic E-state index is -4.63. The van der Waals surface area contributed by atoms with Crippen LogP contribution >= 0.6 is 0 Å². The van der Waals surface area contributed by atoms with Crippen LogP contribution in [0.25, 0.3) is 21.8 Å². The zero-order chi connectivity index (χ0) is 19.2. The summed E-state index contributed by atoms with van der Waals surface area (Å²) in [7, 11) is 0. The Kier molecular flexibility index (Phi) is 3.91. The number of aromatic carboxylic acids is 1. The van der Waals surface area contributed by atoms with Crippen LogP contribution in [0.15, 0.2) is 66.7 Å². The van der Waals surface area contributed by atoms with Gasteiger partial charge < -0.3 is 5.11 Å². The van der Waals surface area contributed by atoms with Gasteiger partial charge in [0.15, 0.2) is 0 Å². The Bertz CT molecular complexity index is 1160. The maximum atomic E-state index is 13.9. The van der Waals surface area contributed by atoms with Crippen molar-refractivity contribution in [2.24, 2.45) is 0 Å². The van der Waals surface area contributed by atoms with Crippen molar-refractivity contribution in [3.05, 3.63) is 83.4 Å². The Morgan fingerprint density at radius 2 is 1.59 bits per heavy atom. The zero-order valence-corrected chi connectivity index (χ0v) is 14.0. The van der Waals surface area contributed by atoms with E-state index in [0.29, 0.717) is 15.5 Å². The summed E-state index contributed by atoms with van der Waals surface area (Å²) < 4.78 is 42.1. The quantitative estimate of drug-likeness (QED) is 0.514. The minimum Gasteiger partial charge on any atom is -0.478 e. The molecule has 3 nitrogen and oxygen atoms in total. The molecule has 0 spiro atoms. The number of hydrogen-bond donors (Lipinski definition) is 1. The Morgan fingerprint density at radius 3 is 2.26 bits per heavy atom. The molecule has 0 aliphatic carbocycles. The van der Waals surface area contributed by atoms with E-state index in [-0.39, 0.29) is 28.4 Å². The standard InChI is InChI=1S/C21H14F3NO2/c22-21(23,24)25-18-9-5-4-8-16(18)17-12-15(20(26)27)11-14(19(17)25)10-13-6-2-1-3-7-13/h1-9,11-12H,10H2,(H,26,27). The number of alkyl halides is 3. The van der Waals surface area contributed by atoms with Crippen molar-refractivity contribution in [1.82, 2.24) is 4.57 Å². The fraction of sp³-hybridized carbons (Fsp3) is 0.0952. The maximum absolute atomic E-state index is 13.9. The van der Waals surface area contributed by atoms with Gasteiger partial charge in [-0.2, -0.15) is 0 Å². The molecule has 6 heteroatoms. The average Bonchev–Trinajstić information content (AvgIpc) is 2.97. The Morgan fingerprint density at radius 1 is 0.926 bits per heavy atom. The number of carbonyl (C=O) groups is 1. The molecule has 0 atom stereocenters. The predicted molar refractivity (Wildman–Crippen MR) is 96.9 cm³/mol. The number of nitrogens with zero attached hydrogens (tertiary/aromatic N) is 1. The molecule has 0 aliphatic rings. The lowest BCUT2D eigenvalue weighted by Crippen LogP contribution is -2.17. The van der Waals surface area contributed by atoms with Crippen LogP contribution in [0.3, 0.4) is 0 Å². The van der Waals surface area contributed by atoms with Crippen molar-refractivity contribution in [3.63, 3.8) is 0 Å².